The molecular formula is C21H20ClN5O2. The number of piperazine rings is 1. The summed E-state index contributed by atoms with van der Waals surface area (Å²) in [6, 6.07) is 16.6. The maximum absolute atomic E-state index is 12.2. The predicted molar refractivity (Wildman–Crippen MR) is 113 cm³/mol. The second kappa shape index (κ2) is 8.36. The zero-order chi connectivity index (χ0) is 20.2. The first-order valence-electron chi connectivity index (χ1n) is 9.27. The summed E-state index contributed by atoms with van der Waals surface area (Å²) in [7, 11) is 0. The number of nitrogens with one attached hydrogen (secondary N) is 2. The molecule has 4 rings (SSSR count). The summed E-state index contributed by atoms with van der Waals surface area (Å²) in [5, 5.41) is 12.0. The van der Waals surface area contributed by atoms with Crippen LogP contribution in [0.5, 0.6) is 0 Å². The van der Waals surface area contributed by atoms with Crippen molar-refractivity contribution in [1.82, 2.24) is 9.80 Å². The average molecular weight is 410 g/mol. The summed E-state index contributed by atoms with van der Waals surface area (Å²) in [6.45, 7) is 2.71. The number of carbonyl (C=O) groups excluding carboxylic acids is 1. The van der Waals surface area contributed by atoms with Crippen LogP contribution in [0.3, 0.4) is 0 Å². The number of anilines is 1. The van der Waals surface area contributed by atoms with Crippen LogP contribution in [-0.2, 0) is 9.53 Å². The zero-order valence-corrected chi connectivity index (χ0v) is 16.4. The fraction of sp³-hybridized carbons (Fsp3) is 0.190. The number of cyclic esters (lactones) is 1. The van der Waals surface area contributed by atoms with E-state index in [1.54, 1.807) is 30.5 Å². The molecule has 2 aromatic carbocycles. The molecule has 0 unspecified atom stereocenters. The Morgan fingerprint density at radius 1 is 1.07 bits per heavy atom. The van der Waals surface area contributed by atoms with E-state index in [0.717, 1.165) is 5.69 Å². The van der Waals surface area contributed by atoms with Gasteiger partial charge in [-0.05, 0) is 36.4 Å². The highest BCUT2D eigenvalue weighted by Gasteiger charge is 2.26. The average Bonchev–Trinajstić information content (AvgIpc) is 3.10. The van der Waals surface area contributed by atoms with Gasteiger partial charge < -0.3 is 19.9 Å². The Bertz CT molecular complexity index is 964. The van der Waals surface area contributed by atoms with E-state index in [2.05, 4.69) is 10.3 Å². The smallest absolute Gasteiger partial charge is 0.365 e. The molecule has 1 fully saturated rings. The quantitative estimate of drug-likeness (QED) is 0.352. The van der Waals surface area contributed by atoms with Crippen molar-refractivity contribution in [1.29, 1.82) is 5.41 Å². The summed E-state index contributed by atoms with van der Waals surface area (Å²) in [4.78, 5) is 20.5. The monoisotopic (exact) mass is 409 g/mol. The first-order valence-corrected chi connectivity index (χ1v) is 9.64. The van der Waals surface area contributed by atoms with Gasteiger partial charge in [0, 0.05) is 48.7 Å². The van der Waals surface area contributed by atoms with E-state index in [0.29, 0.717) is 42.7 Å². The molecule has 1 saturated heterocycles. The summed E-state index contributed by atoms with van der Waals surface area (Å²) >= 11 is 5.89. The number of hydrogen-bond acceptors (Lipinski definition) is 5. The maximum atomic E-state index is 12.2. The van der Waals surface area contributed by atoms with Crippen molar-refractivity contribution in [3.8, 4) is 0 Å². The molecule has 2 N–H and O–H groups in total. The molecule has 0 amide bonds. The van der Waals surface area contributed by atoms with Crippen LogP contribution >= 0.6 is 11.6 Å². The van der Waals surface area contributed by atoms with Crippen LogP contribution in [0.25, 0.3) is 0 Å². The Morgan fingerprint density at radius 3 is 2.45 bits per heavy atom. The number of rotatable bonds is 3. The van der Waals surface area contributed by atoms with Crippen LogP contribution in [0.2, 0.25) is 5.02 Å². The van der Waals surface area contributed by atoms with Gasteiger partial charge in [-0.2, -0.15) is 0 Å². The minimum Gasteiger partial charge on any atom is -0.402 e. The molecule has 0 radical (unpaired) electrons. The van der Waals surface area contributed by atoms with Crippen molar-refractivity contribution in [2.24, 2.45) is 4.99 Å². The van der Waals surface area contributed by atoms with Crippen molar-refractivity contribution >= 4 is 35.1 Å². The van der Waals surface area contributed by atoms with Gasteiger partial charge >= 0.3 is 5.97 Å². The van der Waals surface area contributed by atoms with Crippen LogP contribution < -0.4 is 5.32 Å². The molecule has 0 bridgehead atoms. The van der Waals surface area contributed by atoms with E-state index in [1.165, 1.54) is 0 Å². The van der Waals surface area contributed by atoms with E-state index in [1.807, 2.05) is 40.1 Å². The SMILES string of the molecule is N=C(Nc1ccccc1)N1CCN(/C=C2/N=C(c3ccc(Cl)cc3)OC2=O)CC1. The fourth-order valence-electron chi connectivity index (χ4n) is 3.10. The predicted octanol–water partition coefficient (Wildman–Crippen LogP) is 3.15. The highest BCUT2D eigenvalue weighted by atomic mass is 35.5. The molecular weight excluding hydrogens is 390 g/mol. The van der Waals surface area contributed by atoms with Gasteiger partial charge in [0.25, 0.3) is 0 Å². The topological polar surface area (TPSA) is 81.0 Å². The standard InChI is InChI=1S/C21H20ClN5O2/c22-16-8-6-15(7-9-16)19-25-18(20(28)29-19)14-26-10-12-27(13-11-26)21(23)24-17-4-2-1-3-5-17/h1-9,14H,10-13H2,(H2,23,24)/b18-14+. The normalized spacial score (nSPS) is 17.9. The Hall–Kier alpha value is -3.32. The van der Waals surface area contributed by atoms with Crippen LogP contribution in [-0.4, -0.2) is 53.8 Å². The van der Waals surface area contributed by atoms with Crippen molar-refractivity contribution < 1.29 is 9.53 Å². The summed E-state index contributed by atoms with van der Waals surface area (Å²) in [5.41, 5.74) is 1.87. The largest absolute Gasteiger partial charge is 0.402 e. The molecule has 8 heteroatoms. The molecule has 29 heavy (non-hydrogen) atoms. The van der Waals surface area contributed by atoms with Gasteiger partial charge in [-0.1, -0.05) is 29.8 Å². The van der Waals surface area contributed by atoms with E-state index in [-0.39, 0.29) is 11.6 Å². The molecule has 2 aromatic rings. The number of esters is 1. The molecule has 0 aromatic heterocycles. The van der Waals surface area contributed by atoms with Gasteiger partial charge in [0.2, 0.25) is 5.90 Å². The molecule has 148 valence electrons. The van der Waals surface area contributed by atoms with Crippen molar-refractivity contribution in [2.75, 3.05) is 31.5 Å². The molecule has 0 saturated carbocycles. The molecule has 0 atom stereocenters. The molecule has 2 aliphatic rings. The summed E-state index contributed by atoms with van der Waals surface area (Å²) in [6.07, 6.45) is 1.73. The third kappa shape index (κ3) is 4.57. The second-order valence-corrected chi connectivity index (χ2v) is 7.13. The van der Waals surface area contributed by atoms with E-state index in [4.69, 9.17) is 21.7 Å². The lowest BCUT2D eigenvalue weighted by Gasteiger charge is -2.35. The van der Waals surface area contributed by atoms with Gasteiger partial charge in [0.1, 0.15) is 0 Å². The van der Waals surface area contributed by atoms with E-state index >= 15 is 0 Å². The number of para-hydroxylation sites is 1. The minimum atomic E-state index is -0.462. The van der Waals surface area contributed by atoms with E-state index < -0.39 is 5.97 Å². The van der Waals surface area contributed by atoms with Crippen molar-refractivity contribution in [3.05, 3.63) is 77.1 Å². The number of benzene rings is 2. The van der Waals surface area contributed by atoms with Gasteiger partial charge in [0.05, 0.1) is 0 Å². The van der Waals surface area contributed by atoms with Crippen molar-refractivity contribution in [3.63, 3.8) is 0 Å². The van der Waals surface area contributed by atoms with Gasteiger partial charge in [0.15, 0.2) is 11.7 Å². The van der Waals surface area contributed by atoms with Gasteiger partial charge in [-0.3, -0.25) is 5.41 Å². The molecule has 2 aliphatic heterocycles. The number of nitrogens with zero attached hydrogens (tertiary/aromatic N) is 3. The summed E-state index contributed by atoms with van der Waals surface area (Å²) in [5.74, 6) is 0.188. The summed E-state index contributed by atoms with van der Waals surface area (Å²) < 4.78 is 5.29. The molecule has 2 heterocycles. The number of carbonyl (C=O) groups is 1. The number of halogens is 1. The van der Waals surface area contributed by atoms with Gasteiger partial charge in [-0.15, -0.1) is 0 Å². The highest BCUT2D eigenvalue weighted by molar-refractivity contribution is 6.30. The number of aliphatic imine (C=N–C) groups is 1. The lowest BCUT2D eigenvalue weighted by molar-refractivity contribution is -0.130. The third-order valence-electron chi connectivity index (χ3n) is 4.68. The fourth-order valence-corrected chi connectivity index (χ4v) is 3.23. The van der Waals surface area contributed by atoms with Crippen LogP contribution in [0, 0.1) is 5.41 Å². The minimum absolute atomic E-state index is 0.279. The number of guanidine groups is 1. The first kappa shape index (κ1) is 19.0. The Morgan fingerprint density at radius 2 is 1.76 bits per heavy atom. The van der Waals surface area contributed by atoms with Crippen molar-refractivity contribution in [2.45, 2.75) is 0 Å². The Labute approximate surface area is 173 Å². The lowest BCUT2D eigenvalue weighted by atomic mass is 10.2. The molecule has 0 aliphatic carbocycles. The maximum Gasteiger partial charge on any atom is 0.365 e. The second-order valence-electron chi connectivity index (χ2n) is 6.69. The van der Waals surface area contributed by atoms with Crippen LogP contribution in [0.15, 0.2) is 71.5 Å². The van der Waals surface area contributed by atoms with E-state index in [9.17, 15) is 4.79 Å². The third-order valence-corrected chi connectivity index (χ3v) is 4.94. The zero-order valence-electron chi connectivity index (χ0n) is 15.6. The Kier molecular flexibility index (Phi) is 5.48. The number of hydrogen-bond donors (Lipinski definition) is 2. The lowest BCUT2D eigenvalue weighted by Crippen LogP contribution is -2.48. The molecule has 0 spiro atoms. The highest BCUT2D eigenvalue weighted by Crippen LogP contribution is 2.19. The van der Waals surface area contributed by atoms with Gasteiger partial charge in [-0.25, -0.2) is 9.79 Å². The van der Waals surface area contributed by atoms with Crippen LogP contribution in [0.1, 0.15) is 5.56 Å². The number of ether oxygens (including phenoxy) is 1. The first-order chi connectivity index (χ1) is 14.1. The van der Waals surface area contributed by atoms with Crippen LogP contribution in [0.4, 0.5) is 5.69 Å². The Balaban J connectivity index is 1.36. The molecule has 7 nitrogen and oxygen atoms in total.